The Morgan fingerprint density at radius 1 is 1.22 bits per heavy atom. The topological polar surface area (TPSA) is 125 Å². The average molecular weight is 451 g/mol. The Balaban J connectivity index is 2.00. The molecule has 2 aromatic carbocycles. The van der Waals surface area contributed by atoms with E-state index in [4.69, 9.17) is 14.2 Å². The second-order valence-electron chi connectivity index (χ2n) is 6.36. The Labute approximate surface area is 187 Å². The molecule has 0 aliphatic rings. The SMILES string of the molecule is COc1cc(/C=C(\C#N)c2nc(-c3cccc([N+](=O)[O-])c3)cs2)cc(OC)c1OC(C)=O. The lowest BCUT2D eigenvalue weighted by Crippen LogP contribution is -2.05. The van der Waals surface area contributed by atoms with Gasteiger partial charge in [0.1, 0.15) is 11.1 Å². The van der Waals surface area contributed by atoms with E-state index in [0.29, 0.717) is 21.8 Å². The first-order valence-corrected chi connectivity index (χ1v) is 10.0. The molecule has 3 rings (SSSR count). The van der Waals surface area contributed by atoms with E-state index in [9.17, 15) is 20.2 Å². The Kier molecular flexibility index (Phi) is 6.82. The number of methoxy groups -OCH3 is 2. The van der Waals surface area contributed by atoms with Crippen LogP contribution in [0.25, 0.3) is 22.9 Å². The Morgan fingerprint density at radius 3 is 2.47 bits per heavy atom. The molecule has 0 bridgehead atoms. The highest BCUT2D eigenvalue weighted by molar-refractivity contribution is 7.11. The summed E-state index contributed by atoms with van der Waals surface area (Å²) in [5.74, 6) is 0.137. The van der Waals surface area contributed by atoms with E-state index in [2.05, 4.69) is 11.1 Å². The van der Waals surface area contributed by atoms with Crippen LogP contribution in [-0.4, -0.2) is 30.1 Å². The van der Waals surface area contributed by atoms with E-state index >= 15 is 0 Å². The minimum Gasteiger partial charge on any atom is -0.493 e. The molecule has 10 heteroatoms. The van der Waals surface area contributed by atoms with Gasteiger partial charge in [0.2, 0.25) is 5.75 Å². The van der Waals surface area contributed by atoms with Gasteiger partial charge in [0, 0.05) is 30.0 Å². The Morgan fingerprint density at radius 2 is 1.91 bits per heavy atom. The van der Waals surface area contributed by atoms with Gasteiger partial charge in [-0.15, -0.1) is 11.3 Å². The van der Waals surface area contributed by atoms with Crippen molar-refractivity contribution in [1.29, 1.82) is 5.26 Å². The van der Waals surface area contributed by atoms with Gasteiger partial charge in [-0.25, -0.2) is 4.98 Å². The third kappa shape index (κ3) is 4.91. The molecule has 0 radical (unpaired) electrons. The monoisotopic (exact) mass is 451 g/mol. The number of hydrogen-bond acceptors (Lipinski definition) is 9. The number of esters is 1. The van der Waals surface area contributed by atoms with Gasteiger partial charge in [0.05, 0.1) is 30.4 Å². The number of non-ortho nitro benzene ring substituents is 1. The van der Waals surface area contributed by atoms with E-state index in [1.807, 2.05) is 0 Å². The molecular formula is C22H17N3O6S. The molecule has 0 N–H and O–H groups in total. The molecule has 0 aliphatic carbocycles. The molecule has 0 fully saturated rings. The summed E-state index contributed by atoms with van der Waals surface area (Å²) in [6.45, 7) is 1.27. The molecule has 0 amide bonds. The zero-order chi connectivity index (χ0) is 23.3. The maximum absolute atomic E-state index is 11.4. The van der Waals surface area contributed by atoms with Crippen LogP contribution < -0.4 is 14.2 Å². The molecule has 0 saturated heterocycles. The van der Waals surface area contributed by atoms with Crippen LogP contribution in [-0.2, 0) is 4.79 Å². The van der Waals surface area contributed by atoms with E-state index in [1.54, 1.807) is 35.7 Å². The maximum atomic E-state index is 11.4. The van der Waals surface area contributed by atoms with Crippen molar-refractivity contribution in [3.05, 3.63) is 62.5 Å². The molecule has 9 nitrogen and oxygen atoms in total. The van der Waals surface area contributed by atoms with Crippen LogP contribution in [0.15, 0.2) is 41.8 Å². The molecule has 0 spiro atoms. The number of thiazole rings is 1. The minimum atomic E-state index is -0.529. The number of carbonyl (C=O) groups excluding carboxylic acids is 1. The van der Waals surface area contributed by atoms with Crippen LogP contribution >= 0.6 is 11.3 Å². The van der Waals surface area contributed by atoms with Crippen molar-refractivity contribution in [2.45, 2.75) is 6.92 Å². The smallest absolute Gasteiger partial charge is 0.308 e. The summed E-state index contributed by atoms with van der Waals surface area (Å²) in [5, 5.41) is 22.9. The number of nitro benzene ring substituents is 1. The summed E-state index contributed by atoms with van der Waals surface area (Å²) in [6, 6.07) is 11.4. The van der Waals surface area contributed by atoms with Crippen molar-refractivity contribution in [3.8, 4) is 34.6 Å². The first-order valence-electron chi connectivity index (χ1n) is 9.13. The predicted molar refractivity (Wildman–Crippen MR) is 119 cm³/mol. The van der Waals surface area contributed by atoms with Gasteiger partial charge in [-0.3, -0.25) is 14.9 Å². The number of nitro groups is 1. The van der Waals surface area contributed by atoms with E-state index in [1.165, 1.54) is 44.6 Å². The molecule has 162 valence electrons. The molecule has 32 heavy (non-hydrogen) atoms. The van der Waals surface area contributed by atoms with Crippen molar-refractivity contribution >= 4 is 34.6 Å². The highest BCUT2D eigenvalue weighted by Crippen LogP contribution is 2.40. The largest absolute Gasteiger partial charge is 0.493 e. The minimum absolute atomic E-state index is 0.0415. The van der Waals surface area contributed by atoms with E-state index < -0.39 is 10.9 Å². The summed E-state index contributed by atoms with van der Waals surface area (Å²) in [5.41, 5.74) is 1.90. The van der Waals surface area contributed by atoms with Crippen LogP contribution in [0.5, 0.6) is 17.2 Å². The summed E-state index contributed by atoms with van der Waals surface area (Å²) in [7, 11) is 2.85. The fraction of sp³-hybridized carbons (Fsp3) is 0.136. The molecular weight excluding hydrogens is 434 g/mol. The van der Waals surface area contributed by atoms with Crippen molar-refractivity contribution in [3.63, 3.8) is 0 Å². The van der Waals surface area contributed by atoms with Crippen LogP contribution in [0.4, 0.5) is 5.69 Å². The number of aromatic nitrogens is 1. The van der Waals surface area contributed by atoms with Crippen LogP contribution in [0.3, 0.4) is 0 Å². The van der Waals surface area contributed by atoms with E-state index in [-0.39, 0.29) is 28.5 Å². The second-order valence-corrected chi connectivity index (χ2v) is 7.22. The highest BCUT2D eigenvalue weighted by Gasteiger charge is 2.17. The van der Waals surface area contributed by atoms with Crippen molar-refractivity contribution < 1.29 is 23.9 Å². The van der Waals surface area contributed by atoms with Gasteiger partial charge in [-0.2, -0.15) is 5.26 Å². The predicted octanol–water partition coefficient (Wildman–Crippen LogP) is 4.72. The van der Waals surface area contributed by atoms with Gasteiger partial charge in [-0.1, -0.05) is 12.1 Å². The third-order valence-corrected chi connectivity index (χ3v) is 5.12. The number of carbonyl (C=O) groups is 1. The molecule has 0 saturated carbocycles. The molecule has 0 aliphatic heterocycles. The number of nitrogens with zero attached hydrogens (tertiary/aromatic N) is 3. The molecule has 0 unspecified atom stereocenters. The summed E-state index contributed by atoms with van der Waals surface area (Å²) < 4.78 is 15.8. The molecule has 0 atom stereocenters. The van der Waals surface area contributed by atoms with Gasteiger partial charge in [0.25, 0.3) is 5.69 Å². The van der Waals surface area contributed by atoms with E-state index in [0.717, 1.165) is 0 Å². The van der Waals surface area contributed by atoms with Gasteiger partial charge < -0.3 is 14.2 Å². The zero-order valence-corrected chi connectivity index (χ0v) is 18.1. The van der Waals surface area contributed by atoms with Crippen LogP contribution in [0, 0.1) is 21.4 Å². The number of nitriles is 1. The average Bonchev–Trinajstić information content (AvgIpc) is 3.27. The van der Waals surface area contributed by atoms with Crippen molar-refractivity contribution in [2.75, 3.05) is 14.2 Å². The number of hydrogen-bond donors (Lipinski definition) is 0. The maximum Gasteiger partial charge on any atom is 0.308 e. The summed E-state index contributed by atoms with van der Waals surface area (Å²) in [4.78, 5) is 26.4. The fourth-order valence-corrected chi connectivity index (χ4v) is 3.64. The standard InChI is InChI=1S/C22H17N3O6S/c1-13(26)31-21-19(29-2)8-14(9-20(21)30-3)7-16(11-23)22-24-18(12-32-22)15-5-4-6-17(10-15)25(27)28/h4-10,12H,1-3H3/b16-7+. The second kappa shape index (κ2) is 9.72. The summed E-state index contributed by atoms with van der Waals surface area (Å²) in [6.07, 6.45) is 1.60. The number of rotatable bonds is 7. The zero-order valence-electron chi connectivity index (χ0n) is 17.3. The van der Waals surface area contributed by atoms with Crippen molar-refractivity contribution in [2.24, 2.45) is 0 Å². The lowest BCUT2D eigenvalue weighted by Gasteiger charge is -2.13. The molecule has 1 heterocycles. The highest BCUT2D eigenvalue weighted by atomic mass is 32.1. The lowest BCUT2D eigenvalue weighted by atomic mass is 10.1. The Bertz CT molecular complexity index is 1230. The number of ether oxygens (including phenoxy) is 3. The Hall–Kier alpha value is -4.23. The quantitative estimate of drug-likeness (QED) is 0.166. The normalized spacial score (nSPS) is 10.9. The number of benzene rings is 2. The number of allylic oxidation sites excluding steroid dienone is 1. The van der Waals surface area contributed by atoms with Crippen LogP contribution in [0.1, 0.15) is 17.5 Å². The van der Waals surface area contributed by atoms with Gasteiger partial charge in [0.15, 0.2) is 11.5 Å². The van der Waals surface area contributed by atoms with Crippen molar-refractivity contribution in [1.82, 2.24) is 4.98 Å². The summed E-state index contributed by atoms with van der Waals surface area (Å²) >= 11 is 1.24. The van der Waals surface area contributed by atoms with Gasteiger partial charge >= 0.3 is 5.97 Å². The van der Waals surface area contributed by atoms with Gasteiger partial charge in [-0.05, 0) is 23.8 Å². The molecule has 3 aromatic rings. The first-order chi connectivity index (χ1) is 15.4. The lowest BCUT2D eigenvalue weighted by molar-refractivity contribution is -0.384. The first kappa shape index (κ1) is 22.5. The third-order valence-electron chi connectivity index (χ3n) is 4.25. The van der Waals surface area contributed by atoms with Crippen LogP contribution in [0.2, 0.25) is 0 Å². The fourth-order valence-electron chi connectivity index (χ4n) is 2.85. The molecule has 1 aromatic heterocycles.